The van der Waals surface area contributed by atoms with Gasteiger partial charge < -0.3 is 10.1 Å². The number of benzene rings is 2. The molecule has 0 aromatic heterocycles. The minimum atomic E-state index is -0.119. The Balaban J connectivity index is 0.000000774. The van der Waals surface area contributed by atoms with Crippen molar-refractivity contribution in [3.05, 3.63) is 54.1 Å². The molecule has 0 radical (unpaired) electrons. The predicted octanol–water partition coefficient (Wildman–Crippen LogP) is 4.08. The standard InChI is InChI=1S/C15H14N2O2.C2H6/c1-19-14-9-5-8-13-12(14)10-16-15(18)17(13)11-6-3-2-4-7-11;1-2/h2-9H,10H2,1H3,(H,16,18);1-2H3. The van der Waals surface area contributed by atoms with Crippen molar-refractivity contribution >= 4 is 17.4 Å². The van der Waals surface area contributed by atoms with Crippen molar-refractivity contribution in [3.8, 4) is 5.75 Å². The summed E-state index contributed by atoms with van der Waals surface area (Å²) in [5.41, 5.74) is 2.71. The lowest BCUT2D eigenvalue weighted by Crippen LogP contribution is -2.41. The van der Waals surface area contributed by atoms with E-state index in [0.29, 0.717) is 6.54 Å². The second-order valence-electron chi connectivity index (χ2n) is 4.29. The van der Waals surface area contributed by atoms with Gasteiger partial charge in [-0.05, 0) is 24.3 Å². The van der Waals surface area contributed by atoms with Crippen LogP contribution in [0.4, 0.5) is 16.2 Å². The topological polar surface area (TPSA) is 41.6 Å². The maximum absolute atomic E-state index is 12.1. The summed E-state index contributed by atoms with van der Waals surface area (Å²) in [7, 11) is 1.64. The van der Waals surface area contributed by atoms with Crippen molar-refractivity contribution in [2.75, 3.05) is 12.0 Å². The molecule has 0 spiro atoms. The van der Waals surface area contributed by atoms with Gasteiger partial charge in [0.2, 0.25) is 0 Å². The molecule has 0 bridgehead atoms. The van der Waals surface area contributed by atoms with Crippen LogP contribution in [-0.4, -0.2) is 13.1 Å². The summed E-state index contributed by atoms with van der Waals surface area (Å²) in [6.45, 7) is 4.49. The van der Waals surface area contributed by atoms with E-state index in [4.69, 9.17) is 4.74 Å². The Bertz CT molecular complexity index is 611. The van der Waals surface area contributed by atoms with E-state index in [-0.39, 0.29) is 6.03 Å². The lowest BCUT2D eigenvalue weighted by molar-refractivity contribution is 0.246. The zero-order chi connectivity index (χ0) is 15.2. The molecule has 0 saturated heterocycles. The minimum absolute atomic E-state index is 0.119. The van der Waals surface area contributed by atoms with Crippen LogP contribution in [0.5, 0.6) is 5.75 Å². The van der Waals surface area contributed by atoms with Crippen molar-refractivity contribution in [1.29, 1.82) is 0 Å². The molecule has 1 aliphatic heterocycles. The molecule has 4 nitrogen and oxygen atoms in total. The molecule has 2 amide bonds. The summed E-state index contributed by atoms with van der Waals surface area (Å²) in [6, 6.07) is 15.2. The number of amides is 2. The minimum Gasteiger partial charge on any atom is -0.496 e. The van der Waals surface area contributed by atoms with E-state index < -0.39 is 0 Å². The van der Waals surface area contributed by atoms with Gasteiger partial charge in [-0.15, -0.1) is 0 Å². The number of nitrogens with one attached hydrogen (secondary N) is 1. The normalized spacial score (nSPS) is 12.7. The Labute approximate surface area is 125 Å². The molecule has 110 valence electrons. The maximum Gasteiger partial charge on any atom is 0.326 e. The fraction of sp³-hybridized carbons (Fsp3) is 0.235. The van der Waals surface area contributed by atoms with Gasteiger partial charge in [0.25, 0.3) is 0 Å². The van der Waals surface area contributed by atoms with E-state index in [9.17, 15) is 4.79 Å². The fourth-order valence-electron chi connectivity index (χ4n) is 2.32. The van der Waals surface area contributed by atoms with E-state index in [0.717, 1.165) is 22.7 Å². The smallest absolute Gasteiger partial charge is 0.326 e. The largest absolute Gasteiger partial charge is 0.496 e. The molecule has 1 N–H and O–H groups in total. The molecule has 2 aromatic rings. The van der Waals surface area contributed by atoms with Crippen LogP contribution in [-0.2, 0) is 6.54 Å². The zero-order valence-electron chi connectivity index (χ0n) is 12.6. The average molecular weight is 284 g/mol. The quantitative estimate of drug-likeness (QED) is 0.902. The van der Waals surface area contributed by atoms with Crippen molar-refractivity contribution < 1.29 is 9.53 Å². The van der Waals surface area contributed by atoms with Crippen LogP contribution in [0.1, 0.15) is 19.4 Å². The first-order valence-electron chi connectivity index (χ1n) is 7.10. The number of ether oxygens (including phenoxy) is 1. The van der Waals surface area contributed by atoms with Crippen LogP contribution in [0.25, 0.3) is 0 Å². The van der Waals surface area contributed by atoms with E-state index in [1.54, 1.807) is 12.0 Å². The van der Waals surface area contributed by atoms with Gasteiger partial charge in [-0.3, -0.25) is 4.90 Å². The first kappa shape index (κ1) is 14.9. The van der Waals surface area contributed by atoms with Gasteiger partial charge in [0.05, 0.1) is 25.0 Å². The Morgan fingerprint density at radius 1 is 1.05 bits per heavy atom. The van der Waals surface area contributed by atoms with Crippen LogP contribution in [0.2, 0.25) is 0 Å². The Morgan fingerprint density at radius 2 is 1.76 bits per heavy atom. The Morgan fingerprint density at radius 3 is 2.43 bits per heavy atom. The van der Waals surface area contributed by atoms with Crippen molar-refractivity contribution in [2.45, 2.75) is 20.4 Å². The summed E-state index contributed by atoms with van der Waals surface area (Å²) < 4.78 is 5.35. The van der Waals surface area contributed by atoms with Gasteiger partial charge >= 0.3 is 6.03 Å². The number of anilines is 2. The van der Waals surface area contributed by atoms with Crippen molar-refractivity contribution in [3.63, 3.8) is 0 Å². The second kappa shape index (κ2) is 6.79. The first-order valence-corrected chi connectivity index (χ1v) is 7.10. The predicted molar refractivity (Wildman–Crippen MR) is 85.2 cm³/mol. The van der Waals surface area contributed by atoms with Crippen molar-refractivity contribution in [1.82, 2.24) is 5.32 Å². The lowest BCUT2D eigenvalue weighted by Gasteiger charge is -2.30. The van der Waals surface area contributed by atoms with Crippen LogP contribution < -0.4 is 15.0 Å². The number of hydrogen-bond acceptors (Lipinski definition) is 2. The van der Waals surface area contributed by atoms with Gasteiger partial charge in [-0.2, -0.15) is 0 Å². The highest BCUT2D eigenvalue weighted by molar-refractivity contribution is 6.02. The van der Waals surface area contributed by atoms with E-state index in [1.807, 2.05) is 62.4 Å². The number of urea groups is 1. The van der Waals surface area contributed by atoms with Crippen LogP contribution in [0, 0.1) is 0 Å². The third kappa shape index (κ3) is 2.84. The van der Waals surface area contributed by atoms with Crippen LogP contribution in [0.15, 0.2) is 48.5 Å². The van der Waals surface area contributed by atoms with E-state index >= 15 is 0 Å². The number of fused-ring (bicyclic) bond motifs is 1. The number of rotatable bonds is 2. The molecule has 4 heteroatoms. The molecule has 0 atom stereocenters. The third-order valence-corrected chi connectivity index (χ3v) is 3.20. The highest BCUT2D eigenvalue weighted by atomic mass is 16.5. The molecule has 0 aliphatic carbocycles. The molecular formula is C17H20N2O2. The fourth-order valence-corrected chi connectivity index (χ4v) is 2.32. The highest BCUT2D eigenvalue weighted by Crippen LogP contribution is 2.36. The number of carbonyl (C=O) groups is 1. The van der Waals surface area contributed by atoms with Gasteiger partial charge in [-0.1, -0.05) is 38.1 Å². The lowest BCUT2D eigenvalue weighted by atomic mass is 10.1. The number of methoxy groups -OCH3 is 1. The van der Waals surface area contributed by atoms with E-state index in [1.165, 1.54) is 0 Å². The monoisotopic (exact) mass is 284 g/mol. The van der Waals surface area contributed by atoms with Crippen LogP contribution in [0.3, 0.4) is 0 Å². The Kier molecular flexibility index (Phi) is 4.82. The maximum atomic E-state index is 12.1. The van der Waals surface area contributed by atoms with Gasteiger partial charge in [0.15, 0.2) is 0 Å². The summed E-state index contributed by atoms with van der Waals surface area (Å²) >= 11 is 0. The van der Waals surface area contributed by atoms with Gasteiger partial charge in [-0.25, -0.2) is 4.79 Å². The van der Waals surface area contributed by atoms with Crippen molar-refractivity contribution in [2.24, 2.45) is 0 Å². The molecule has 2 aromatic carbocycles. The molecule has 1 aliphatic rings. The van der Waals surface area contributed by atoms with E-state index in [2.05, 4.69) is 5.32 Å². The number of hydrogen-bond donors (Lipinski definition) is 1. The Hall–Kier alpha value is -2.49. The summed E-state index contributed by atoms with van der Waals surface area (Å²) in [4.78, 5) is 13.8. The highest BCUT2D eigenvalue weighted by Gasteiger charge is 2.26. The molecule has 0 fully saturated rings. The third-order valence-electron chi connectivity index (χ3n) is 3.20. The van der Waals surface area contributed by atoms with Gasteiger partial charge in [0.1, 0.15) is 5.75 Å². The average Bonchev–Trinajstić information content (AvgIpc) is 2.56. The number of carbonyl (C=O) groups excluding carboxylic acids is 1. The SMILES string of the molecule is CC.COc1cccc2c1CNC(=O)N2c1ccccc1. The first-order chi connectivity index (χ1) is 10.3. The second-order valence-corrected chi connectivity index (χ2v) is 4.29. The molecule has 1 heterocycles. The number of para-hydroxylation sites is 1. The zero-order valence-corrected chi connectivity index (χ0v) is 12.6. The van der Waals surface area contributed by atoms with Gasteiger partial charge in [0, 0.05) is 5.56 Å². The summed E-state index contributed by atoms with van der Waals surface area (Å²) in [5.74, 6) is 0.790. The molecule has 0 saturated carbocycles. The summed E-state index contributed by atoms with van der Waals surface area (Å²) in [6.07, 6.45) is 0. The molecular weight excluding hydrogens is 264 g/mol. The molecule has 3 rings (SSSR count). The molecule has 0 unspecified atom stereocenters. The molecule has 21 heavy (non-hydrogen) atoms. The number of nitrogens with zero attached hydrogens (tertiary/aromatic N) is 1. The summed E-state index contributed by atoms with van der Waals surface area (Å²) in [5, 5.41) is 2.87. The van der Waals surface area contributed by atoms with Crippen LogP contribution >= 0.6 is 0 Å².